The topological polar surface area (TPSA) is 77.1 Å². The van der Waals surface area contributed by atoms with E-state index in [0.717, 1.165) is 41.3 Å². The number of nitrogens with one attached hydrogen (secondary N) is 1. The summed E-state index contributed by atoms with van der Waals surface area (Å²) in [4.78, 5) is 29.4. The van der Waals surface area contributed by atoms with E-state index in [9.17, 15) is 9.59 Å². The van der Waals surface area contributed by atoms with Crippen LogP contribution in [0, 0.1) is 0 Å². The third-order valence-electron chi connectivity index (χ3n) is 7.15. The summed E-state index contributed by atoms with van der Waals surface area (Å²) >= 11 is 3.53. The molecule has 3 aromatic rings. The molecule has 0 bridgehead atoms. The Kier molecular flexibility index (Phi) is 10.9. The third-order valence-corrected chi connectivity index (χ3v) is 7.65. The number of halogens is 1. The van der Waals surface area contributed by atoms with Crippen molar-refractivity contribution >= 4 is 27.7 Å². The summed E-state index contributed by atoms with van der Waals surface area (Å²) in [6.45, 7) is 0.0188. The Bertz CT molecular complexity index is 1240. The summed E-state index contributed by atoms with van der Waals surface area (Å²) in [6.07, 6.45) is 5.72. The number of methoxy groups -OCH3 is 2. The van der Waals surface area contributed by atoms with Gasteiger partial charge in [-0.05, 0) is 36.1 Å². The maximum Gasteiger partial charge on any atom is 0.261 e. The normalized spacial score (nSPS) is 14.2. The van der Waals surface area contributed by atoms with Crippen LogP contribution in [0.4, 0.5) is 0 Å². The van der Waals surface area contributed by atoms with Crippen molar-refractivity contribution in [3.63, 3.8) is 0 Å². The summed E-state index contributed by atoms with van der Waals surface area (Å²) in [5.74, 6) is 1.13. The molecule has 0 aromatic heterocycles. The zero-order valence-electron chi connectivity index (χ0n) is 23.1. The fourth-order valence-electron chi connectivity index (χ4n) is 5.02. The predicted molar refractivity (Wildman–Crippen MR) is 159 cm³/mol. The molecule has 0 heterocycles. The van der Waals surface area contributed by atoms with E-state index in [4.69, 9.17) is 14.2 Å². The van der Waals surface area contributed by atoms with Crippen LogP contribution in [0.25, 0.3) is 0 Å². The van der Waals surface area contributed by atoms with Crippen LogP contribution in [0.15, 0.2) is 77.3 Å². The summed E-state index contributed by atoms with van der Waals surface area (Å²) in [5.41, 5.74) is 1.89. The number of hydrogen-bond donors (Lipinski definition) is 1. The fraction of sp³-hybridized carbons (Fsp3) is 0.375. The average Bonchev–Trinajstić information content (AvgIpc) is 2.98. The first-order chi connectivity index (χ1) is 19.4. The van der Waals surface area contributed by atoms with Gasteiger partial charge in [0, 0.05) is 41.7 Å². The average molecular weight is 610 g/mol. The second-order valence-electron chi connectivity index (χ2n) is 10.0. The lowest BCUT2D eigenvalue weighted by Crippen LogP contribution is -2.53. The van der Waals surface area contributed by atoms with E-state index in [-0.39, 0.29) is 31.0 Å². The van der Waals surface area contributed by atoms with Crippen LogP contribution in [-0.4, -0.2) is 49.6 Å². The van der Waals surface area contributed by atoms with Gasteiger partial charge in [-0.2, -0.15) is 0 Å². The van der Waals surface area contributed by atoms with Gasteiger partial charge in [-0.15, -0.1) is 0 Å². The van der Waals surface area contributed by atoms with E-state index >= 15 is 0 Å². The maximum atomic E-state index is 13.9. The zero-order valence-corrected chi connectivity index (χ0v) is 24.7. The van der Waals surface area contributed by atoms with Crippen molar-refractivity contribution in [3.8, 4) is 17.2 Å². The van der Waals surface area contributed by atoms with Gasteiger partial charge in [0.15, 0.2) is 6.61 Å². The third kappa shape index (κ3) is 8.49. The van der Waals surface area contributed by atoms with Crippen LogP contribution in [0.2, 0.25) is 0 Å². The molecule has 0 spiro atoms. The minimum Gasteiger partial charge on any atom is -0.496 e. The number of carbonyl (C=O) groups excluding carboxylic acids is 2. The second-order valence-corrected chi connectivity index (χ2v) is 11.0. The molecular formula is C32H37BrN2O5. The summed E-state index contributed by atoms with van der Waals surface area (Å²) in [7, 11) is 3.12. The van der Waals surface area contributed by atoms with Gasteiger partial charge < -0.3 is 24.4 Å². The number of amides is 2. The van der Waals surface area contributed by atoms with Crippen molar-refractivity contribution in [2.75, 3.05) is 20.8 Å². The highest BCUT2D eigenvalue weighted by Gasteiger charge is 2.32. The minimum absolute atomic E-state index is 0.128. The van der Waals surface area contributed by atoms with Gasteiger partial charge in [0.2, 0.25) is 5.91 Å². The van der Waals surface area contributed by atoms with Gasteiger partial charge in [0.25, 0.3) is 5.91 Å². The molecule has 4 rings (SSSR count). The molecular weight excluding hydrogens is 572 g/mol. The highest BCUT2D eigenvalue weighted by Crippen LogP contribution is 2.28. The molecule has 0 aliphatic heterocycles. The molecule has 7 nitrogen and oxygen atoms in total. The monoisotopic (exact) mass is 608 g/mol. The highest BCUT2D eigenvalue weighted by molar-refractivity contribution is 9.10. The summed E-state index contributed by atoms with van der Waals surface area (Å²) in [6, 6.07) is 22.2. The molecule has 1 saturated carbocycles. The lowest BCUT2D eigenvalue weighted by Gasteiger charge is -2.33. The van der Waals surface area contributed by atoms with E-state index < -0.39 is 6.04 Å². The van der Waals surface area contributed by atoms with Crippen molar-refractivity contribution in [1.29, 1.82) is 0 Å². The van der Waals surface area contributed by atoms with E-state index in [2.05, 4.69) is 21.2 Å². The van der Waals surface area contributed by atoms with Crippen molar-refractivity contribution < 1.29 is 23.8 Å². The van der Waals surface area contributed by atoms with Gasteiger partial charge in [-0.3, -0.25) is 9.59 Å². The highest BCUT2D eigenvalue weighted by atomic mass is 79.9. The SMILES string of the molecule is COc1cc(OC)cc(OCC(=O)N(Cc2cccc(Br)c2)[C@@H](Cc2ccccc2)C(=O)NC2CCCCC2)c1. The molecule has 2 amide bonds. The van der Waals surface area contributed by atoms with E-state index in [1.54, 1.807) is 37.3 Å². The quantitative estimate of drug-likeness (QED) is 0.275. The number of ether oxygens (including phenoxy) is 3. The Balaban J connectivity index is 1.62. The summed E-state index contributed by atoms with van der Waals surface area (Å²) in [5, 5.41) is 3.26. The lowest BCUT2D eigenvalue weighted by molar-refractivity contribution is -0.143. The molecule has 0 unspecified atom stereocenters. The first kappa shape index (κ1) is 29.5. The number of benzene rings is 3. The molecule has 1 aliphatic carbocycles. The smallest absolute Gasteiger partial charge is 0.261 e. The molecule has 1 fully saturated rings. The standard InChI is InChI=1S/C32H37BrN2O5/c1-38-27-18-28(39-2)20-29(19-27)40-22-31(36)35(21-24-12-9-13-25(33)16-24)30(17-23-10-5-3-6-11-23)32(37)34-26-14-7-4-8-15-26/h3,5-6,9-13,16,18-20,26,30H,4,7-8,14-15,17,21-22H2,1-2H3,(H,34,37)/t30-/m0/s1. The Morgan fingerprint density at radius 2 is 1.52 bits per heavy atom. The largest absolute Gasteiger partial charge is 0.496 e. The van der Waals surface area contributed by atoms with E-state index in [1.807, 2.05) is 54.6 Å². The van der Waals surface area contributed by atoms with Gasteiger partial charge in [0.1, 0.15) is 23.3 Å². The van der Waals surface area contributed by atoms with Gasteiger partial charge in [-0.25, -0.2) is 0 Å². The lowest BCUT2D eigenvalue weighted by atomic mass is 9.94. The maximum absolute atomic E-state index is 13.9. The van der Waals surface area contributed by atoms with Gasteiger partial charge in [-0.1, -0.05) is 77.7 Å². The Hall–Kier alpha value is -3.52. The number of hydrogen-bond acceptors (Lipinski definition) is 5. The van der Waals surface area contributed by atoms with Crippen LogP contribution in [0.5, 0.6) is 17.2 Å². The molecule has 212 valence electrons. The fourth-order valence-corrected chi connectivity index (χ4v) is 5.47. The Morgan fingerprint density at radius 3 is 2.17 bits per heavy atom. The number of rotatable bonds is 12. The van der Waals surface area contributed by atoms with Crippen LogP contribution < -0.4 is 19.5 Å². The van der Waals surface area contributed by atoms with Crippen LogP contribution in [-0.2, 0) is 22.6 Å². The molecule has 1 N–H and O–H groups in total. The van der Waals surface area contributed by atoms with E-state index in [1.165, 1.54) is 6.42 Å². The Morgan fingerprint density at radius 1 is 0.875 bits per heavy atom. The molecule has 3 aromatic carbocycles. The molecule has 0 saturated heterocycles. The molecule has 40 heavy (non-hydrogen) atoms. The van der Waals surface area contributed by atoms with Gasteiger partial charge >= 0.3 is 0 Å². The van der Waals surface area contributed by atoms with Crippen molar-refractivity contribution in [3.05, 3.63) is 88.4 Å². The first-order valence-corrected chi connectivity index (χ1v) is 14.5. The van der Waals surface area contributed by atoms with Crippen molar-refractivity contribution in [2.45, 2.75) is 57.2 Å². The van der Waals surface area contributed by atoms with Crippen LogP contribution in [0.3, 0.4) is 0 Å². The second kappa shape index (κ2) is 14.7. The molecule has 0 radical (unpaired) electrons. The van der Waals surface area contributed by atoms with Gasteiger partial charge in [0.05, 0.1) is 14.2 Å². The van der Waals surface area contributed by atoms with Crippen molar-refractivity contribution in [2.24, 2.45) is 0 Å². The molecule has 8 heteroatoms. The predicted octanol–water partition coefficient (Wildman–Crippen LogP) is 5.93. The first-order valence-electron chi connectivity index (χ1n) is 13.7. The number of nitrogens with zero attached hydrogens (tertiary/aromatic N) is 1. The Labute approximate surface area is 244 Å². The number of carbonyl (C=O) groups is 2. The van der Waals surface area contributed by atoms with E-state index in [0.29, 0.717) is 23.7 Å². The zero-order chi connectivity index (χ0) is 28.3. The van der Waals surface area contributed by atoms with Crippen LogP contribution in [0.1, 0.15) is 43.2 Å². The molecule has 1 aliphatic rings. The minimum atomic E-state index is -0.709. The molecule has 1 atom stereocenters. The van der Waals surface area contributed by atoms with Crippen LogP contribution >= 0.6 is 15.9 Å². The van der Waals surface area contributed by atoms with Crippen molar-refractivity contribution in [1.82, 2.24) is 10.2 Å². The summed E-state index contributed by atoms with van der Waals surface area (Å²) < 4.78 is 17.5.